The molecule has 0 aliphatic rings. The molecule has 0 saturated heterocycles. The first-order chi connectivity index (χ1) is 16.5. The number of nitrogens with one attached hydrogen (secondary N) is 1. The van der Waals surface area contributed by atoms with Crippen LogP contribution in [0.25, 0.3) is 16.8 Å². The molecule has 34 heavy (non-hydrogen) atoms. The Hall–Kier alpha value is -4.07. The third-order valence-corrected chi connectivity index (χ3v) is 6.15. The van der Waals surface area contributed by atoms with Gasteiger partial charge in [-0.3, -0.25) is 4.79 Å². The summed E-state index contributed by atoms with van der Waals surface area (Å²) in [6.45, 7) is 4.17. The van der Waals surface area contributed by atoms with Crippen molar-refractivity contribution in [3.05, 3.63) is 112 Å². The maximum atomic E-state index is 13.0. The molecule has 4 aromatic carbocycles. The Morgan fingerprint density at radius 1 is 1.00 bits per heavy atom. The average Bonchev–Trinajstić information content (AvgIpc) is 2.85. The maximum absolute atomic E-state index is 13.0. The standard InChI is InChI=1S/C29H23ClN2O2/c1-19-8-7-13-27(20(19)2)32-29(33)23(17-31)16-25-24-11-5-3-9-21(24)14-15-28(25)34-18-22-10-4-6-12-26(22)30/h3-16H,18H2,1-2H3,(H,32,33)/b23-16+. The SMILES string of the molecule is Cc1cccc(NC(=O)/C(C#N)=C/c2c(OCc3ccccc3Cl)ccc3ccccc23)c1C. The third kappa shape index (κ3) is 4.96. The average molecular weight is 467 g/mol. The van der Waals surface area contributed by atoms with Crippen LogP contribution in [0.4, 0.5) is 5.69 Å². The van der Waals surface area contributed by atoms with Crippen molar-refractivity contribution in [2.24, 2.45) is 0 Å². The van der Waals surface area contributed by atoms with Crippen LogP contribution in [0.15, 0.2) is 84.4 Å². The summed E-state index contributed by atoms with van der Waals surface area (Å²) in [7, 11) is 0. The Labute approximate surface area is 204 Å². The number of halogens is 1. The Bertz CT molecular complexity index is 1450. The molecule has 0 bridgehead atoms. The van der Waals surface area contributed by atoms with Crippen molar-refractivity contribution in [1.82, 2.24) is 0 Å². The van der Waals surface area contributed by atoms with Gasteiger partial charge < -0.3 is 10.1 Å². The van der Waals surface area contributed by atoms with Crippen LogP contribution in [0.5, 0.6) is 5.75 Å². The van der Waals surface area contributed by atoms with E-state index in [0.29, 0.717) is 22.0 Å². The fourth-order valence-electron chi connectivity index (χ4n) is 3.69. The normalized spacial score (nSPS) is 11.2. The van der Waals surface area contributed by atoms with E-state index in [4.69, 9.17) is 16.3 Å². The van der Waals surface area contributed by atoms with Gasteiger partial charge in [0.1, 0.15) is 24.0 Å². The second-order valence-electron chi connectivity index (χ2n) is 7.95. The fraction of sp³-hybridized carbons (Fsp3) is 0.103. The molecule has 0 radical (unpaired) electrons. The van der Waals surface area contributed by atoms with E-state index in [1.54, 1.807) is 6.08 Å². The molecule has 0 unspecified atom stereocenters. The summed E-state index contributed by atoms with van der Waals surface area (Å²) >= 11 is 6.29. The topological polar surface area (TPSA) is 62.1 Å². The molecule has 4 aromatic rings. The number of anilines is 1. The first-order valence-electron chi connectivity index (χ1n) is 10.8. The second kappa shape index (κ2) is 10.2. The first kappa shape index (κ1) is 23.1. The Morgan fingerprint density at radius 3 is 2.56 bits per heavy atom. The number of carbonyl (C=O) groups excluding carboxylic acids is 1. The number of carbonyl (C=O) groups is 1. The fourth-order valence-corrected chi connectivity index (χ4v) is 3.88. The molecular weight excluding hydrogens is 444 g/mol. The number of fused-ring (bicyclic) bond motifs is 1. The lowest BCUT2D eigenvalue weighted by Gasteiger charge is -2.14. The van der Waals surface area contributed by atoms with Crippen molar-refractivity contribution in [3.8, 4) is 11.8 Å². The van der Waals surface area contributed by atoms with Gasteiger partial charge in [0.15, 0.2) is 0 Å². The zero-order valence-corrected chi connectivity index (χ0v) is 19.7. The molecule has 4 nitrogen and oxygen atoms in total. The summed E-state index contributed by atoms with van der Waals surface area (Å²) in [5.74, 6) is 0.0899. The van der Waals surface area contributed by atoms with Gasteiger partial charge in [-0.1, -0.05) is 72.3 Å². The lowest BCUT2D eigenvalue weighted by Crippen LogP contribution is -2.14. The third-order valence-electron chi connectivity index (χ3n) is 5.78. The van der Waals surface area contributed by atoms with Crippen LogP contribution in [-0.4, -0.2) is 5.91 Å². The molecule has 4 rings (SSSR count). The number of ether oxygens (including phenoxy) is 1. The molecule has 0 heterocycles. The van der Waals surface area contributed by atoms with E-state index < -0.39 is 5.91 Å². The second-order valence-corrected chi connectivity index (χ2v) is 8.36. The van der Waals surface area contributed by atoms with Gasteiger partial charge in [-0.25, -0.2) is 0 Å². The highest BCUT2D eigenvalue weighted by molar-refractivity contribution is 6.31. The van der Waals surface area contributed by atoms with Crippen LogP contribution >= 0.6 is 11.6 Å². The van der Waals surface area contributed by atoms with Crippen molar-refractivity contribution in [2.45, 2.75) is 20.5 Å². The summed E-state index contributed by atoms with van der Waals surface area (Å²) in [5.41, 5.74) is 4.20. The summed E-state index contributed by atoms with van der Waals surface area (Å²) in [6, 6.07) is 26.8. The molecule has 0 aliphatic carbocycles. The maximum Gasteiger partial charge on any atom is 0.266 e. The summed E-state index contributed by atoms with van der Waals surface area (Å²) in [5, 5.41) is 15.2. The van der Waals surface area contributed by atoms with Crippen LogP contribution in [0.3, 0.4) is 0 Å². The van der Waals surface area contributed by atoms with Gasteiger partial charge in [0.05, 0.1) is 0 Å². The molecule has 0 fully saturated rings. The molecule has 5 heteroatoms. The Kier molecular flexibility index (Phi) is 6.96. The van der Waals surface area contributed by atoms with Gasteiger partial charge in [-0.2, -0.15) is 5.26 Å². The highest BCUT2D eigenvalue weighted by Gasteiger charge is 2.15. The molecule has 0 aliphatic heterocycles. The molecule has 168 valence electrons. The van der Waals surface area contributed by atoms with Crippen molar-refractivity contribution in [2.75, 3.05) is 5.32 Å². The Morgan fingerprint density at radius 2 is 1.76 bits per heavy atom. The summed E-state index contributed by atoms with van der Waals surface area (Å²) in [6.07, 6.45) is 1.59. The highest BCUT2D eigenvalue weighted by Crippen LogP contribution is 2.32. The van der Waals surface area contributed by atoms with Crippen molar-refractivity contribution in [1.29, 1.82) is 5.26 Å². The number of nitriles is 1. The van der Waals surface area contributed by atoms with Crippen LogP contribution in [0.2, 0.25) is 5.02 Å². The quantitative estimate of drug-likeness (QED) is 0.241. The van der Waals surface area contributed by atoms with E-state index in [2.05, 4.69) is 11.4 Å². The minimum absolute atomic E-state index is 0.0140. The van der Waals surface area contributed by atoms with Crippen molar-refractivity contribution >= 4 is 40.0 Å². The number of nitrogens with zero attached hydrogens (tertiary/aromatic N) is 1. The van der Waals surface area contributed by atoms with Crippen LogP contribution in [-0.2, 0) is 11.4 Å². The number of rotatable bonds is 6. The molecule has 1 N–H and O–H groups in total. The van der Waals surface area contributed by atoms with E-state index in [1.165, 1.54) is 0 Å². The molecule has 0 spiro atoms. The summed E-state index contributed by atoms with van der Waals surface area (Å²) < 4.78 is 6.12. The number of aryl methyl sites for hydroxylation is 1. The molecule has 0 aromatic heterocycles. The van der Waals surface area contributed by atoms with E-state index in [9.17, 15) is 10.1 Å². The minimum atomic E-state index is -0.471. The van der Waals surface area contributed by atoms with Crippen LogP contribution < -0.4 is 10.1 Å². The highest BCUT2D eigenvalue weighted by atomic mass is 35.5. The molecule has 0 atom stereocenters. The summed E-state index contributed by atoms with van der Waals surface area (Å²) in [4.78, 5) is 13.0. The van der Waals surface area contributed by atoms with E-state index in [1.807, 2.05) is 92.7 Å². The number of hydrogen-bond acceptors (Lipinski definition) is 3. The molecule has 1 amide bonds. The monoisotopic (exact) mass is 466 g/mol. The number of hydrogen-bond donors (Lipinski definition) is 1. The largest absolute Gasteiger partial charge is 0.488 e. The molecule has 0 saturated carbocycles. The molecular formula is C29H23ClN2O2. The van der Waals surface area contributed by atoms with Gasteiger partial charge in [-0.05, 0) is 60.0 Å². The Balaban J connectivity index is 1.72. The predicted octanol–water partition coefficient (Wildman–Crippen LogP) is 7.23. The smallest absolute Gasteiger partial charge is 0.266 e. The van der Waals surface area contributed by atoms with Crippen LogP contribution in [0.1, 0.15) is 22.3 Å². The van der Waals surface area contributed by atoms with E-state index in [0.717, 1.165) is 27.5 Å². The number of benzene rings is 4. The van der Waals surface area contributed by atoms with Gasteiger partial charge in [-0.15, -0.1) is 0 Å². The zero-order chi connectivity index (χ0) is 24.1. The van der Waals surface area contributed by atoms with Crippen molar-refractivity contribution < 1.29 is 9.53 Å². The number of amides is 1. The minimum Gasteiger partial charge on any atom is -0.488 e. The van der Waals surface area contributed by atoms with Crippen LogP contribution in [0, 0.1) is 25.2 Å². The lowest BCUT2D eigenvalue weighted by molar-refractivity contribution is -0.112. The van der Waals surface area contributed by atoms with E-state index >= 15 is 0 Å². The van der Waals surface area contributed by atoms with Gasteiger partial charge in [0.25, 0.3) is 5.91 Å². The van der Waals surface area contributed by atoms with Gasteiger partial charge in [0, 0.05) is 21.8 Å². The first-order valence-corrected chi connectivity index (χ1v) is 11.2. The van der Waals surface area contributed by atoms with E-state index in [-0.39, 0.29) is 12.2 Å². The van der Waals surface area contributed by atoms with Gasteiger partial charge >= 0.3 is 0 Å². The zero-order valence-electron chi connectivity index (χ0n) is 18.9. The predicted molar refractivity (Wildman–Crippen MR) is 138 cm³/mol. The lowest BCUT2D eigenvalue weighted by atomic mass is 10.0. The van der Waals surface area contributed by atoms with Crippen molar-refractivity contribution in [3.63, 3.8) is 0 Å². The van der Waals surface area contributed by atoms with Gasteiger partial charge in [0.2, 0.25) is 0 Å².